The minimum absolute atomic E-state index is 0.211. The molecule has 9 heteroatoms. The summed E-state index contributed by atoms with van der Waals surface area (Å²) in [5.41, 5.74) is 3.22. The highest BCUT2D eigenvalue weighted by atomic mass is 19.4. The van der Waals surface area contributed by atoms with E-state index in [0.717, 1.165) is 42.5 Å². The van der Waals surface area contributed by atoms with Crippen LogP contribution in [0.3, 0.4) is 0 Å². The van der Waals surface area contributed by atoms with Crippen LogP contribution in [-0.2, 0) is 22.6 Å². The molecular formula is C24H29F3N4O2. The molecule has 4 aliphatic rings. The van der Waals surface area contributed by atoms with E-state index in [-0.39, 0.29) is 24.1 Å². The molecule has 178 valence electrons. The van der Waals surface area contributed by atoms with Gasteiger partial charge in [0.2, 0.25) is 5.91 Å². The Morgan fingerprint density at radius 3 is 2.55 bits per heavy atom. The van der Waals surface area contributed by atoms with Crippen molar-refractivity contribution in [3.05, 3.63) is 22.4 Å². The van der Waals surface area contributed by atoms with Gasteiger partial charge in [-0.2, -0.15) is 18.4 Å². The monoisotopic (exact) mass is 462 g/mol. The molecule has 1 atom stereocenters. The Balaban J connectivity index is 1.48. The van der Waals surface area contributed by atoms with Gasteiger partial charge >= 0.3 is 6.18 Å². The number of anilines is 1. The normalized spacial score (nSPS) is 24.9. The van der Waals surface area contributed by atoms with E-state index in [9.17, 15) is 23.2 Å². The molecule has 1 aromatic heterocycles. The van der Waals surface area contributed by atoms with E-state index in [2.05, 4.69) is 6.07 Å². The van der Waals surface area contributed by atoms with E-state index in [1.165, 1.54) is 4.90 Å². The first-order chi connectivity index (χ1) is 15.6. The lowest BCUT2D eigenvalue weighted by atomic mass is 9.87. The van der Waals surface area contributed by atoms with Crippen LogP contribution in [0.1, 0.15) is 74.3 Å². The highest BCUT2D eigenvalue weighted by Gasteiger charge is 2.45. The maximum absolute atomic E-state index is 12.9. The average molecular weight is 463 g/mol. The number of rotatable bonds is 4. The summed E-state index contributed by atoms with van der Waals surface area (Å²) in [4.78, 5) is 20.9. The van der Waals surface area contributed by atoms with E-state index >= 15 is 0 Å². The Labute approximate surface area is 191 Å². The number of alkyl halides is 3. The van der Waals surface area contributed by atoms with E-state index in [1.807, 2.05) is 18.7 Å². The van der Waals surface area contributed by atoms with Crippen LogP contribution in [0, 0.1) is 17.2 Å². The van der Waals surface area contributed by atoms with Gasteiger partial charge in [-0.1, -0.05) is 0 Å². The molecule has 1 amide bonds. The molecule has 6 nitrogen and oxygen atoms in total. The summed E-state index contributed by atoms with van der Waals surface area (Å²) >= 11 is 0. The van der Waals surface area contributed by atoms with Crippen molar-refractivity contribution in [2.75, 3.05) is 24.5 Å². The predicted octanol–water partition coefficient (Wildman–Crippen LogP) is 4.06. The zero-order valence-corrected chi connectivity index (χ0v) is 19.0. The van der Waals surface area contributed by atoms with Crippen molar-refractivity contribution < 1.29 is 22.7 Å². The predicted molar refractivity (Wildman–Crippen MR) is 115 cm³/mol. The summed E-state index contributed by atoms with van der Waals surface area (Å²) in [6.45, 7) is 5.48. The second-order valence-electron chi connectivity index (χ2n) is 10.5. The Bertz CT molecular complexity index is 1010. The van der Waals surface area contributed by atoms with Crippen molar-refractivity contribution >= 4 is 11.7 Å². The fourth-order valence-corrected chi connectivity index (χ4v) is 5.29. The fourth-order valence-electron chi connectivity index (χ4n) is 5.29. The molecule has 2 aliphatic heterocycles. The van der Waals surface area contributed by atoms with Crippen LogP contribution in [0.15, 0.2) is 0 Å². The van der Waals surface area contributed by atoms with Gasteiger partial charge in [-0.25, -0.2) is 4.98 Å². The summed E-state index contributed by atoms with van der Waals surface area (Å²) in [6.07, 6.45) is -1.35. The number of fused-ring (bicyclic) bond motifs is 1. The van der Waals surface area contributed by atoms with E-state index in [0.29, 0.717) is 43.4 Å². The number of ether oxygens (including phenoxy) is 1. The van der Waals surface area contributed by atoms with Crippen molar-refractivity contribution in [1.29, 1.82) is 5.26 Å². The molecule has 3 fully saturated rings. The van der Waals surface area contributed by atoms with Gasteiger partial charge in [-0.15, -0.1) is 0 Å². The average Bonchev–Trinajstić information content (AvgIpc) is 3.62. The number of pyridine rings is 1. The van der Waals surface area contributed by atoms with Gasteiger partial charge in [0.1, 0.15) is 18.3 Å². The number of nitrogens with zero attached hydrogens (tertiary/aromatic N) is 4. The minimum atomic E-state index is -4.51. The quantitative estimate of drug-likeness (QED) is 0.675. The van der Waals surface area contributed by atoms with Gasteiger partial charge < -0.3 is 14.5 Å². The van der Waals surface area contributed by atoms with Crippen molar-refractivity contribution in [3.8, 4) is 6.07 Å². The first-order valence-electron chi connectivity index (χ1n) is 11.8. The molecule has 3 heterocycles. The topological polar surface area (TPSA) is 69.5 Å². The Hall–Kier alpha value is -2.34. The lowest BCUT2D eigenvalue weighted by Crippen LogP contribution is -2.57. The molecule has 2 aliphatic carbocycles. The summed E-state index contributed by atoms with van der Waals surface area (Å²) in [7, 11) is 0. The Morgan fingerprint density at radius 2 is 1.94 bits per heavy atom. The number of halogens is 3. The lowest BCUT2D eigenvalue weighted by molar-refractivity contribution is -0.163. The fraction of sp³-hybridized carbons (Fsp3) is 0.708. The van der Waals surface area contributed by atoms with Gasteiger partial charge in [0, 0.05) is 37.5 Å². The molecule has 1 aromatic rings. The van der Waals surface area contributed by atoms with Gasteiger partial charge in [-0.3, -0.25) is 4.79 Å². The van der Waals surface area contributed by atoms with Crippen LogP contribution in [-0.4, -0.2) is 53.2 Å². The maximum Gasteiger partial charge on any atom is 0.397 e. The summed E-state index contributed by atoms with van der Waals surface area (Å²) in [5.74, 6) is 0.368. The third-order valence-electron chi connectivity index (χ3n) is 7.27. The third kappa shape index (κ3) is 4.54. The van der Waals surface area contributed by atoms with Crippen LogP contribution in [0.5, 0.6) is 0 Å². The zero-order chi connectivity index (χ0) is 23.5. The molecule has 5 rings (SSSR count). The van der Waals surface area contributed by atoms with Crippen LogP contribution >= 0.6 is 0 Å². The molecule has 2 saturated carbocycles. The standard InChI is InChI=1S/C24H29F3N4O2/c1-23(2)9-16-17(11-28)22(29-21(15-5-6-15)18(16)13-33-23)30-7-8-31(19(12-30)14-3-4-14)20(32)10-24(25,26)27/h14-15,19H,3-10,12-13H2,1-2H3/t19-/m0/s1. The molecule has 1 saturated heterocycles. The second kappa shape index (κ2) is 7.86. The number of hydrogen-bond acceptors (Lipinski definition) is 5. The first kappa shape index (κ1) is 22.5. The largest absolute Gasteiger partial charge is 0.397 e. The first-order valence-corrected chi connectivity index (χ1v) is 11.8. The molecule has 0 spiro atoms. The van der Waals surface area contributed by atoms with Crippen LogP contribution in [0.4, 0.5) is 19.0 Å². The SMILES string of the molecule is CC1(C)Cc2c(C#N)c(N3CCN(C(=O)CC(F)(F)F)[C@H](C4CC4)C3)nc(C3CC3)c2CO1. The Morgan fingerprint density at radius 1 is 1.21 bits per heavy atom. The van der Waals surface area contributed by atoms with Crippen LogP contribution in [0.25, 0.3) is 0 Å². The van der Waals surface area contributed by atoms with E-state index < -0.39 is 18.5 Å². The third-order valence-corrected chi connectivity index (χ3v) is 7.27. The summed E-state index contributed by atoms with van der Waals surface area (Å²) in [5, 5.41) is 10.1. The molecule has 0 unspecified atom stereocenters. The van der Waals surface area contributed by atoms with Crippen molar-refractivity contribution in [1.82, 2.24) is 9.88 Å². The van der Waals surface area contributed by atoms with Gasteiger partial charge in [0.25, 0.3) is 0 Å². The van der Waals surface area contributed by atoms with Crippen molar-refractivity contribution in [3.63, 3.8) is 0 Å². The number of carbonyl (C=O) groups is 1. The lowest BCUT2D eigenvalue weighted by Gasteiger charge is -2.43. The molecule has 0 N–H and O–H groups in total. The van der Waals surface area contributed by atoms with Crippen LogP contribution < -0.4 is 4.90 Å². The van der Waals surface area contributed by atoms with Crippen molar-refractivity contribution in [2.24, 2.45) is 5.92 Å². The maximum atomic E-state index is 12.9. The Kier molecular flexibility index (Phi) is 5.35. The summed E-state index contributed by atoms with van der Waals surface area (Å²) in [6, 6.07) is 2.11. The zero-order valence-electron chi connectivity index (χ0n) is 19.0. The van der Waals surface area contributed by atoms with Crippen molar-refractivity contribution in [2.45, 2.75) is 82.7 Å². The molecular weight excluding hydrogens is 433 g/mol. The number of amides is 1. The molecule has 0 radical (unpaired) electrons. The van der Waals surface area contributed by atoms with Gasteiger partial charge in [0.15, 0.2) is 0 Å². The number of piperazine rings is 1. The number of nitriles is 1. The number of hydrogen-bond donors (Lipinski definition) is 0. The van der Waals surface area contributed by atoms with E-state index in [4.69, 9.17) is 9.72 Å². The summed E-state index contributed by atoms with van der Waals surface area (Å²) < 4.78 is 44.7. The highest BCUT2D eigenvalue weighted by molar-refractivity contribution is 5.78. The van der Waals surface area contributed by atoms with Gasteiger partial charge in [0.05, 0.1) is 29.5 Å². The molecule has 0 bridgehead atoms. The highest BCUT2D eigenvalue weighted by Crippen LogP contribution is 2.46. The number of carbonyl (C=O) groups excluding carboxylic acids is 1. The molecule has 33 heavy (non-hydrogen) atoms. The second-order valence-corrected chi connectivity index (χ2v) is 10.5. The minimum Gasteiger partial charge on any atom is -0.370 e. The smallest absolute Gasteiger partial charge is 0.370 e. The number of aromatic nitrogens is 1. The molecule has 0 aromatic carbocycles. The van der Waals surface area contributed by atoms with E-state index in [1.54, 1.807) is 0 Å². The van der Waals surface area contributed by atoms with Crippen LogP contribution in [0.2, 0.25) is 0 Å². The van der Waals surface area contributed by atoms with Gasteiger partial charge in [-0.05, 0) is 51.0 Å².